The molecule has 2 aromatic heterocycles. The quantitative estimate of drug-likeness (QED) is 0.411. The van der Waals surface area contributed by atoms with Crippen LogP contribution in [-0.2, 0) is 17.9 Å². The fourth-order valence-corrected chi connectivity index (χ4v) is 3.41. The second-order valence-corrected chi connectivity index (χ2v) is 7.28. The number of hydrogen-bond acceptors (Lipinski definition) is 8. The minimum absolute atomic E-state index is 0.485. The van der Waals surface area contributed by atoms with Gasteiger partial charge in [0.15, 0.2) is 5.82 Å². The van der Waals surface area contributed by atoms with Crippen molar-refractivity contribution in [1.29, 1.82) is 0 Å². The number of rotatable bonds is 8. The summed E-state index contributed by atoms with van der Waals surface area (Å²) in [6.07, 6.45) is 1.00. The molecule has 0 N–H and O–H groups in total. The van der Waals surface area contributed by atoms with E-state index in [1.54, 1.807) is 18.9 Å². The number of thioether (sulfide) groups is 1. The molecule has 0 bridgehead atoms. The summed E-state index contributed by atoms with van der Waals surface area (Å²) in [5.41, 5.74) is 3.08. The van der Waals surface area contributed by atoms with Gasteiger partial charge in [-0.25, -0.2) is 0 Å². The maximum absolute atomic E-state index is 5.35. The molecule has 2 heterocycles. The van der Waals surface area contributed by atoms with Crippen molar-refractivity contribution in [3.05, 3.63) is 65.8 Å². The molecule has 2 aromatic carbocycles. The topological polar surface area (TPSA) is 87.1 Å². The van der Waals surface area contributed by atoms with Gasteiger partial charge in [-0.1, -0.05) is 41.5 Å². The Labute approximate surface area is 172 Å². The predicted octanol–water partition coefficient (Wildman–Crippen LogP) is 4.79. The zero-order valence-electron chi connectivity index (χ0n) is 16.2. The van der Waals surface area contributed by atoms with Gasteiger partial charge in [0, 0.05) is 11.1 Å². The van der Waals surface area contributed by atoms with E-state index >= 15 is 0 Å². The van der Waals surface area contributed by atoms with Crippen molar-refractivity contribution in [2.45, 2.75) is 24.9 Å². The first-order valence-corrected chi connectivity index (χ1v) is 10.4. The van der Waals surface area contributed by atoms with Gasteiger partial charge in [-0.3, -0.25) is 0 Å². The van der Waals surface area contributed by atoms with Crippen LogP contribution in [0.4, 0.5) is 0 Å². The van der Waals surface area contributed by atoms with Crippen LogP contribution in [0.5, 0.6) is 5.75 Å². The van der Waals surface area contributed by atoms with E-state index in [2.05, 4.69) is 39.3 Å². The highest BCUT2D eigenvalue weighted by Crippen LogP contribution is 2.23. The fraction of sp³-hybridized carbons (Fsp3) is 0.238. The first kappa shape index (κ1) is 19.2. The van der Waals surface area contributed by atoms with Crippen molar-refractivity contribution >= 4 is 11.8 Å². The SMILES string of the molecule is CCc1ccc(-c2noc(CSCc3noc(-c4ccc(OC)cc4)n3)n2)cc1. The lowest BCUT2D eigenvalue weighted by molar-refractivity contribution is 0.391. The van der Waals surface area contributed by atoms with Crippen LogP contribution in [-0.4, -0.2) is 27.4 Å². The molecule has 8 heteroatoms. The smallest absolute Gasteiger partial charge is 0.257 e. The first-order valence-electron chi connectivity index (χ1n) is 9.22. The summed E-state index contributed by atoms with van der Waals surface area (Å²) in [6, 6.07) is 15.7. The molecule has 0 saturated heterocycles. The van der Waals surface area contributed by atoms with Gasteiger partial charge < -0.3 is 13.8 Å². The first-order chi connectivity index (χ1) is 14.2. The number of aromatic nitrogens is 4. The minimum Gasteiger partial charge on any atom is -0.497 e. The van der Waals surface area contributed by atoms with Gasteiger partial charge in [-0.15, -0.1) is 11.8 Å². The molecule has 0 amide bonds. The van der Waals surface area contributed by atoms with Gasteiger partial charge >= 0.3 is 0 Å². The Balaban J connectivity index is 1.32. The van der Waals surface area contributed by atoms with Crippen LogP contribution >= 0.6 is 11.8 Å². The van der Waals surface area contributed by atoms with E-state index in [9.17, 15) is 0 Å². The van der Waals surface area contributed by atoms with Crippen LogP contribution in [0.2, 0.25) is 0 Å². The largest absolute Gasteiger partial charge is 0.497 e. The zero-order valence-corrected chi connectivity index (χ0v) is 17.0. The van der Waals surface area contributed by atoms with E-state index in [-0.39, 0.29) is 0 Å². The highest BCUT2D eigenvalue weighted by molar-refractivity contribution is 7.97. The van der Waals surface area contributed by atoms with Crippen LogP contribution in [0, 0.1) is 0 Å². The molecular formula is C21H20N4O3S. The van der Waals surface area contributed by atoms with Crippen LogP contribution in [0.25, 0.3) is 22.8 Å². The number of methoxy groups -OCH3 is 1. The highest BCUT2D eigenvalue weighted by atomic mass is 32.2. The highest BCUT2D eigenvalue weighted by Gasteiger charge is 2.12. The Morgan fingerprint density at radius 1 is 0.862 bits per heavy atom. The third-order valence-corrected chi connectivity index (χ3v) is 5.26. The molecule has 0 aliphatic rings. The van der Waals surface area contributed by atoms with Gasteiger partial charge in [0.2, 0.25) is 11.7 Å². The maximum atomic E-state index is 5.35. The molecular weight excluding hydrogens is 388 g/mol. The van der Waals surface area contributed by atoms with E-state index in [1.165, 1.54) is 5.56 Å². The van der Waals surface area contributed by atoms with Crippen molar-refractivity contribution < 1.29 is 13.8 Å². The minimum atomic E-state index is 0.485. The molecule has 0 unspecified atom stereocenters. The summed E-state index contributed by atoms with van der Waals surface area (Å²) in [5, 5.41) is 8.10. The third-order valence-electron chi connectivity index (χ3n) is 4.35. The van der Waals surface area contributed by atoms with Crippen LogP contribution in [0.15, 0.2) is 57.6 Å². The molecule has 0 saturated carbocycles. The Kier molecular flexibility index (Phi) is 5.90. The maximum Gasteiger partial charge on any atom is 0.257 e. The number of hydrogen-bond donors (Lipinski definition) is 0. The van der Waals surface area contributed by atoms with Crippen molar-refractivity contribution in [3.8, 4) is 28.6 Å². The summed E-state index contributed by atoms with van der Waals surface area (Å²) in [4.78, 5) is 8.89. The van der Waals surface area contributed by atoms with Gasteiger partial charge in [-0.2, -0.15) is 9.97 Å². The summed E-state index contributed by atoms with van der Waals surface area (Å²) in [6.45, 7) is 2.13. The van der Waals surface area contributed by atoms with Crippen LogP contribution in [0.1, 0.15) is 24.2 Å². The summed E-state index contributed by atoms with van der Waals surface area (Å²) < 4.78 is 15.8. The molecule has 7 nitrogen and oxygen atoms in total. The molecule has 0 spiro atoms. The van der Waals surface area contributed by atoms with E-state index in [1.807, 2.05) is 36.4 Å². The van der Waals surface area contributed by atoms with E-state index in [4.69, 9.17) is 13.8 Å². The summed E-state index contributed by atoms with van der Waals surface area (Å²) in [7, 11) is 1.63. The number of nitrogens with zero attached hydrogens (tertiary/aromatic N) is 4. The molecule has 4 aromatic rings. The average molecular weight is 408 g/mol. The molecule has 0 aliphatic heterocycles. The Morgan fingerprint density at radius 3 is 2.34 bits per heavy atom. The van der Waals surface area contributed by atoms with Crippen molar-refractivity contribution in [1.82, 2.24) is 20.3 Å². The Bertz CT molecular complexity index is 972. The molecule has 0 radical (unpaired) electrons. The van der Waals surface area contributed by atoms with Gasteiger partial charge in [0.1, 0.15) is 5.75 Å². The zero-order chi connectivity index (χ0) is 20.1. The second-order valence-electron chi connectivity index (χ2n) is 6.30. The summed E-state index contributed by atoms with van der Waals surface area (Å²) in [5.74, 6) is 4.22. The van der Waals surface area contributed by atoms with Gasteiger partial charge in [0.05, 0.1) is 18.6 Å². The average Bonchev–Trinajstić information content (AvgIpc) is 3.44. The standard InChI is InChI=1S/C21H20N4O3S/c1-3-14-4-6-15(7-5-14)20-23-19(27-25-20)13-29-12-18-22-21(28-24-18)16-8-10-17(26-2)11-9-16/h4-11H,3,12-13H2,1-2H3. The normalized spacial score (nSPS) is 11.0. The van der Waals surface area contributed by atoms with Crippen molar-refractivity contribution in [2.75, 3.05) is 7.11 Å². The third kappa shape index (κ3) is 4.65. The lowest BCUT2D eigenvalue weighted by Crippen LogP contribution is -1.87. The van der Waals surface area contributed by atoms with Crippen LogP contribution < -0.4 is 4.74 Å². The lowest BCUT2D eigenvalue weighted by Gasteiger charge is -1.98. The molecule has 4 rings (SSSR count). The molecule has 29 heavy (non-hydrogen) atoms. The Morgan fingerprint density at radius 2 is 1.62 bits per heavy atom. The van der Waals surface area contributed by atoms with Crippen molar-refractivity contribution in [3.63, 3.8) is 0 Å². The molecule has 0 fully saturated rings. The van der Waals surface area contributed by atoms with Gasteiger partial charge in [-0.05, 0) is 36.2 Å². The van der Waals surface area contributed by atoms with E-state index in [0.29, 0.717) is 34.9 Å². The Hall–Kier alpha value is -3.13. The summed E-state index contributed by atoms with van der Waals surface area (Å²) >= 11 is 1.59. The molecule has 148 valence electrons. The van der Waals surface area contributed by atoms with E-state index in [0.717, 1.165) is 23.3 Å². The van der Waals surface area contributed by atoms with Crippen molar-refractivity contribution in [2.24, 2.45) is 0 Å². The number of ether oxygens (including phenoxy) is 1. The van der Waals surface area contributed by atoms with Gasteiger partial charge in [0.25, 0.3) is 5.89 Å². The van der Waals surface area contributed by atoms with Crippen LogP contribution in [0.3, 0.4) is 0 Å². The number of aryl methyl sites for hydroxylation is 1. The molecule has 0 atom stereocenters. The van der Waals surface area contributed by atoms with E-state index < -0.39 is 0 Å². The predicted molar refractivity (Wildman–Crippen MR) is 110 cm³/mol. The molecule has 0 aliphatic carbocycles. The number of benzene rings is 2. The second kappa shape index (κ2) is 8.91. The lowest BCUT2D eigenvalue weighted by atomic mass is 10.1. The monoisotopic (exact) mass is 408 g/mol. The fourth-order valence-electron chi connectivity index (χ4n) is 2.71.